The number of aromatic nitrogens is 3. The lowest BCUT2D eigenvalue weighted by Crippen LogP contribution is -2.07. The van der Waals surface area contributed by atoms with E-state index in [4.69, 9.17) is 4.74 Å². The van der Waals surface area contributed by atoms with Gasteiger partial charge in [0, 0.05) is 17.1 Å². The molecule has 8 nitrogen and oxygen atoms in total. The fourth-order valence-corrected chi connectivity index (χ4v) is 2.92. The standard InChI is InChI=1S/C25H22N6O2/c1-2-23(32)28-20-9-6-10-21(15-20)30-25-27-17-26-24(31-25)29-19-11-13-22(14-12-19)33-16-18-7-4-3-5-8-18/h2-15,17H,1,16H2,(H,28,32)(H2,26,27,29,30,31). The van der Waals surface area contributed by atoms with Crippen molar-refractivity contribution in [1.29, 1.82) is 0 Å². The van der Waals surface area contributed by atoms with Gasteiger partial charge in [-0.1, -0.05) is 43.0 Å². The molecule has 164 valence electrons. The van der Waals surface area contributed by atoms with Crippen molar-refractivity contribution >= 4 is 34.9 Å². The SMILES string of the molecule is C=CC(=O)Nc1cccc(Nc2ncnc(Nc3ccc(OCc4ccccc4)cc3)n2)c1. The molecule has 3 N–H and O–H groups in total. The summed E-state index contributed by atoms with van der Waals surface area (Å²) in [6.07, 6.45) is 2.63. The first-order valence-electron chi connectivity index (χ1n) is 10.2. The second kappa shape index (κ2) is 10.5. The Balaban J connectivity index is 1.36. The molecule has 8 heteroatoms. The van der Waals surface area contributed by atoms with Gasteiger partial charge in [-0.3, -0.25) is 4.79 Å². The van der Waals surface area contributed by atoms with Gasteiger partial charge in [-0.05, 0) is 54.1 Å². The molecule has 0 fully saturated rings. The van der Waals surface area contributed by atoms with Crippen molar-refractivity contribution in [3.8, 4) is 5.75 Å². The van der Waals surface area contributed by atoms with E-state index >= 15 is 0 Å². The van der Waals surface area contributed by atoms with E-state index in [9.17, 15) is 4.79 Å². The fraction of sp³-hybridized carbons (Fsp3) is 0.0400. The quantitative estimate of drug-likeness (QED) is 0.314. The zero-order valence-electron chi connectivity index (χ0n) is 17.7. The van der Waals surface area contributed by atoms with Gasteiger partial charge in [-0.15, -0.1) is 0 Å². The Labute approximate surface area is 191 Å². The summed E-state index contributed by atoms with van der Waals surface area (Å²) >= 11 is 0. The number of anilines is 5. The maximum atomic E-state index is 11.5. The zero-order chi connectivity index (χ0) is 22.9. The molecule has 1 amide bonds. The van der Waals surface area contributed by atoms with Gasteiger partial charge < -0.3 is 20.7 Å². The summed E-state index contributed by atoms with van der Waals surface area (Å²) in [7, 11) is 0. The van der Waals surface area contributed by atoms with Crippen molar-refractivity contribution < 1.29 is 9.53 Å². The van der Waals surface area contributed by atoms with Gasteiger partial charge in [0.1, 0.15) is 18.7 Å². The Morgan fingerprint density at radius 2 is 1.55 bits per heavy atom. The van der Waals surface area contributed by atoms with E-state index in [0.29, 0.717) is 29.9 Å². The van der Waals surface area contributed by atoms with Crippen molar-refractivity contribution in [3.63, 3.8) is 0 Å². The highest BCUT2D eigenvalue weighted by Gasteiger charge is 2.05. The number of nitrogens with one attached hydrogen (secondary N) is 3. The predicted molar refractivity (Wildman–Crippen MR) is 129 cm³/mol. The van der Waals surface area contributed by atoms with Gasteiger partial charge in [0.05, 0.1) is 0 Å². The van der Waals surface area contributed by atoms with E-state index in [2.05, 4.69) is 37.5 Å². The predicted octanol–water partition coefficient (Wildman–Crippen LogP) is 5.06. The van der Waals surface area contributed by atoms with E-state index in [1.165, 1.54) is 12.4 Å². The number of rotatable bonds is 9. The molecule has 0 radical (unpaired) electrons. The molecule has 1 aromatic heterocycles. The Morgan fingerprint density at radius 3 is 2.27 bits per heavy atom. The normalized spacial score (nSPS) is 10.2. The van der Waals surface area contributed by atoms with Gasteiger partial charge in [0.15, 0.2) is 0 Å². The van der Waals surface area contributed by atoms with Crippen molar-refractivity contribution in [1.82, 2.24) is 15.0 Å². The Morgan fingerprint density at radius 1 is 0.848 bits per heavy atom. The Kier molecular flexibility index (Phi) is 6.87. The third kappa shape index (κ3) is 6.38. The number of hydrogen-bond donors (Lipinski definition) is 3. The molecule has 0 unspecified atom stereocenters. The van der Waals surface area contributed by atoms with Crippen LogP contribution in [0.3, 0.4) is 0 Å². The van der Waals surface area contributed by atoms with Crippen LogP contribution in [0.25, 0.3) is 0 Å². The molecule has 0 atom stereocenters. The molecule has 0 aliphatic rings. The molecule has 0 saturated heterocycles. The van der Waals surface area contributed by atoms with Crippen LogP contribution in [0.5, 0.6) is 5.75 Å². The van der Waals surface area contributed by atoms with Gasteiger partial charge in [0.2, 0.25) is 17.8 Å². The van der Waals surface area contributed by atoms with Crippen LogP contribution >= 0.6 is 0 Å². The fourth-order valence-electron chi connectivity index (χ4n) is 2.92. The van der Waals surface area contributed by atoms with Crippen LogP contribution in [-0.4, -0.2) is 20.9 Å². The van der Waals surface area contributed by atoms with Crippen molar-refractivity contribution in [2.75, 3.05) is 16.0 Å². The maximum absolute atomic E-state index is 11.5. The van der Waals surface area contributed by atoms with E-state index < -0.39 is 0 Å². The molecule has 0 spiro atoms. The minimum Gasteiger partial charge on any atom is -0.489 e. The van der Waals surface area contributed by atoms with E-state index in [0.717, 1.165) is 17.0 Å². The zero-order valence-corrected chi connectivity index (χ0v) is 17.7. The average Bonchev–Trinajstić information content (AvgIpc) is 2.85. The highest BCUT2D eigenvalue weighted by molar-refractivity contribution is 5.99. The summed E-state index contributed by atoms with van der Waals surface area (Å²) in [5.41, 5.74) is 3.27. The van der Waals surface area contributed by atoms with Gasteiger partial charge in [0.25, 0.3) is 0 Å². The molecular formula is C25H22N6O2. The first-order valence-corrected chi connectivity index (χ1v) is 10.2. The molecule has 4 aromatic rings. The molecule has 3 aromatic carbocycles. The molecule has 0 saturated carbocycles. The van der Waals surface area contributed by atoms with Crippen LogP contribution in [0.4, 0.5) is 29.0 Å². The smallest absolute Gasteiger partial charge is 0.247 e. The first kappa shape index (κ1) is 21.5. The Bertz CT molecular complexity index is 1230. The molecule has 0 aliphatic carbocycles. The average molecular weight is 438 g/mol. The highest BCUT2D eigenvalue weighted by atomic mass is 16.5. The lowest BCUT2D eigenvalue weighted by molar-refractivity contribution is -0.111. The monoisotopic (exact) mass is 438 g/mol. The van der Waals surface area contributed by atoms with Crippen LogP contribution in [0.1, 0.15) is 5.56 Å². The van der Waals surface area contributed by atoms with Crippen molar-refractivity contribution in [2.45, 2.75) is 6.61 Å². The first-order chi connectivity index (χ1) is 16.2. The highest BCUT2D eigenvalue weighted by Crippen LogP contribution is 2.21. The van der Waals surface area contributed by atoms with E-state index in [1.54, 1.807) is 12.1 Å². The molecule has 4 rings (SSSR count). The molecule has 33 heavy (non-hydrogen) atoms. The van der Waals surface area contributed by atoms with Crippen LogP contribution in [0, 0.1) is 0 Å². The van der Waals surface area contributed by atoms with Crippen LogP contribution in [0.2, 0.25) is 0 Å². The number of nitrogens with zero attached hydrogens (tertiary/aromatic N) is 3. The molecule has 0 bridgehead atoms. The summed E-state index contributed by atoms with van der Waals surface area (Å²) in [5.74, 6) is 1.24. The topological polar surface area (TPSA) is 101 Å². The van der Waals surface area contributed by atoms with E-state index in [1.807, 2.05) is 66.7 Å². The summed E-state index contributed by atoms with van der Waals surface area (Å²) in [4.78, 5) is 24.2. The number of ether oxygens (including phenoxy) is 1. The van der Waals surface area contributed by atoms with E-state index in [-0.39, 0.29) is 5.91 Å². The largest absolute Gasteiger partial charge is 0.489 e. The number of carbonyl (C=O) groups excluding carboxylic acids is 1. The summed E-state index contributed by atoms with van der Waals surface area (Å²) in [6, 6.07) is 24.8. The van der Waals surface area contributed by atoms with Gasteiger partial charge >= 0.3 is 0 Å². The summed E-state index contributed by atoms with van der Waals surface area (Å²) in [5, 5.41) is 8.97. The third-order valence-corrected chi connectivity index (χ3v) is 4.50. The van der Waals surface area contributed by atoms with Gasteiger partial charge in [-0.2, -0.15) is 4.98 Å². The maximum Gasteiger partial charge on any atom is 0.247 e. The molecule has 0 aliphatic heterocycles. The Hall–Kier alpha value is -4.72. The second-order valence-electron chi connectivity index (χ2n) is 6.96. The number of hydrogen-bond acceptors (Lipinski definition) is 7. The third-order valence-electron chi connectivity index (χ3n) is 4.50. The second-order valence-corrected chi connectivity index (χ2v) is 6.96. The van der Waals surface area contributed by atoms with Crippen LogP contribution < -0.4 is 20.7 Å². The van der Waals surface area contributed by atoms with Crippen molar-refractivity contribution in [3.05, 3.63) is 103 Å². The van der Waals surface area contributed by atoms with Gasteiger partial charge in [-0.25, -0.2) is 9.97 Å². The number of amides is 1. The minimum atomic E-state index is -0.282. The van der Waals surface area contributed by atoms with Crippen LogP contribution in [0.15, 0.2) is 97.8 Å². The minimum absolute atomic E-state index is 0.282. The molecular weight excluding hydrogens is 416 g/mol. The van der Waals surface area contributed by atoms with Crippen molar-refractivity contribution in [2.24, 2.45) is 0 Å². The lowest BCUT2D eigenvalue weighted by Gasteiger charge is -2.10. The lowest BCUT2D eigenvalue weighted by atomic mass is 10.2. The molecule has 1 heterocycles. The number of carbonyl (C=O) groups is 1. The van der Waals surface area contributed by atoms with Crippen LogP contribution in [-0.2, 0) is 11.4 Å². The number of benzene rings is 3. The summed E-state index contributed by atoms with van der Waals surface area (Å²) < 4.78 is 5.81. The summed E-state index contributed by atoms with van der Waals surface area (Å²) in [6.45, 7) is 3.96.